The zero-order valence-electron chi connectivity index (χ0n) is 29.2. The van der Waals surface area contributed by atoms with E-state index in [4.69, 9.17) is 14.2 Å². The lowest BCUT2D eigenvalue weighted by molar-refractivity contribution is -0.157. The Hall–Kier alpha value is -5.55. The van der Waals surface area contributed by atoms with Gasteiger partial charge in [0.15, 0.2) is 0 Å². The Balaban J connectivity index is 1.21. The quantitative estimate of drug-likeness (QED) is 0.179. The van der Waals surface area contributed by atoms with E-state index in [0.717, 1.165) is 16.7 Å². The third kappa shape index (κ3) is 7.52. The van der Waals surface area contributed by atoms with Crippen LogP contribution in [0.3, 0.4) is 0 Å². The van der Waals surface area contributed by atoms with Gasteiger partial charge in [-0.15, -0.1) is 0 Å². The molecule has 4 aromatic rings. The largest absolute Gasteiger partial charge is 0.508 e. The summed E-state index contributed by atoms with van der Waals surface area (Å²) in [5.41, 5.74) is 3.57. The molecule has 53 heavy (non-hydrogen) atoms. The number of hydrogen-bond acceptors (Lipinski definition) is 8. The first-order chi connectivity index (χ1) is 25.9. The Kier molecular flexibility index (Phi) is 10.8. The Labute approximate surface area is 308 Å². The average Bonchev–Trinajstić information content (AvgIpc) is 3.85. The molecule has 272 valence electrons. The van der Waals surface area contributed by atoms with E-state index in [1.165, 1.54) is 0 Å². The van der Waals surface area contributed by atoms with Gasteiger partial charge >= 0.3 is 5.97 Å². The van der Waals surface area contributed by atoms with Crippen molar-refractivity contribution < 1.29 is 38.8 Å². The third-order valence-corrected chi connectivity index (χ3v) is 9.96. The topological polar surface area (TPSA) is 135 Å². The lowest BCUT2D eigenvalue weighted by Crippen LogP contribution is -2.49. The lowest BCUT2D eigenvalue weighted by atomic mass is 9.91. The number of allylic oxidation sites excluding steroid dienone is 1. The number of esters is 1. The number of phenols is 1. The van der Waals surface area contributed by atoms with Crippen LogP contribution in [0.1, 0.15) is 51.9 Å². The monoisotopic (exact) mass is 714 g/mol. The number of phenolic OH excluding ortho intramolecular Hbond substituents is 1. The van der Waals surface area contributed by atoms with Gasteiger partial charge in [0.1, 0.15) is 30.1 Å². The highest BCUT2D eigenvalue weighted by atomic mass is 16.8. The van der Waals surface area contributed by atoms with Gasteiger partial charge in [0.05, 0.1) is 12.2 Å². The first-order valence-corrected chi connectivity index (χ1v) is 18.0. The molecule has 0 bridgehead atoms. The van der Waals surface area contributed by atoms with E-state index < -0.39 is 36.1 Å². The molecule has 0 aromatic heterocycles. The van der Waals surface area contributed by atoms with E-state index in [1.807, 2.05) is 97.1 Å². The van der Waals surface area contributed by atoms with Crippen LogP contribution in [0, 0.1) is 0 Å². The fourth-order valence-corrected chi connectivity index (χ4v) is 7.37. The molecule has 3 aliphatic rings. The predicted octanol–water partition coefficient (Wildman–Crippen LogP) is 5.29. The van der Waals surface area contributed by atoms with E-state index >= 15 is 0 Å². The maximum atomic E-state index is 14.3. The van der Waals surface area contributed by atoms with Crippen LogP contribution >= 0.6 is 0 Å². The minimum atomic E-state index is -1.36. The fraction of sp³-hybridized carbons (Fsp3) is 0.279. The van der Waals surface area contributed by atoms with Crippen molar-refractivity contribution >= 4 is 23.9 Å². The predicted molar refractivity (Wildman–Crippen MR) is 197 cm³/mol. The summed E-state index contributed by atoms with van der Waals surface area (Å²) in [6, 6.07) is 32.6. The standard InChI is InChI=1S/C43H42N2O8/c46-26-24-44-40(48)35-22-12-25-45(35)41(49)31-27-37(51-42(50)34-21-9-7-13-29(34)15-11-16-30-14-8-10-23-36(30)47)39-38(28-31)52-43(53-39,32-17-3-1-4-18-32)33-19-5-2-6-20-33/h1-11,13-15,17-21,23,28,35,37-39,46-47H,12,16,22,24-27H2,(H,44,48)/t35-,37-,38-,39+/m1/s1. The van der Waals surface area contributed by atoms with Crippen LogP contribution in [0.2, 0.25) is 0 Å². The summed E-state index contributed by atoms with van der Waals surface area (Å²) in [6.07, 6.45) is 4.63. The number of benzene rings is 4. The van der Waals surface area contributed by atoms with Crippen LogP contribution in [0.15, 0.2) is 127 Å². The van der Waals surface area contributed by atoms with Gasteiger partial charge in [-0.2, -0.15) is 0 Å². The molecule has 4 aromatic carbocycles. The Bertz CT molecular complexity index is 1960. The smallest absolute Gasteiger partial charge is 0.339 e. The molecule has 3 N–H and O–H groups in total. The highest BCUT2D eigenvalue weighted by molar-refractivity contribution is 5.98. The molecule has 0 radical (unpaired) electrons. The van der Waals surface area contributed by atoms with Gasteiger partial charge in [-0.1, -0.05) is 109 Å². The molecule has 1 aliphatic carbocycles. The molecule has 0 unspecified atom stereocenters. The minimum absolute atomic E-state index is 0.0432. The Morgan fingerprint density at radius 3 is 2.28 bits per heavy atom. The SMILES string of the molecule is O=C(O[C@@H]1CC(C(=O)N2CCC[C@@H]2C(=O)NCCO)=C[C@H]2OC(c3ccccc3)(c3ccccc3)O[C@H]21)c1ccccc1C=CCc1ccccc1O. The normalized spacial score (nSPS) is 21.9. The van der Waals surface area contributed by atoms with E-state index in [2.05, 4.69) is 5.32 Å². The molecule has 0 saturated carbocycles. The number of ether oxygens (including phenoxy) is 3. The summed E-state index contributed by atoms with van der Waals surface area (Å²) in [4.78, 5) is 42.9. The van der Waals surface area contributed by atoms with Crippen LogP contribution < -0.4 is 5.32 Å². The second-order valence-corrected chi connectivity index (χ2v) is 13.3. The Morgan fingerprint density at radius 1 is 0.887 bits per heavy atom. The molecular formula is C43H42N2O8. The van der Waals surface area contributed by atoms with Gasteiger partial charge in [0.2, 0.25) is 17.6 Å². The number of hydrogen-bond donors (Lipinski definition) is 3. The van der Waals surface area contributed by atoms with Gasteiger partial charge in [0.25, 0.3) is 0 Å². The molecule has 2 fully saturated rings. The first-order valence-electron chi connectivity index (χ1n) is 18.0. The number of aromatic hydroxyl groups is 1. The highest BCUT2D eigenvalue weighted by Crippen LogP contribution is 2.47. The summed E-state index contributed by atoms with van der Waals surface area (Å²) in [5, 5.41) is 22.1. The molecular weight excluding hydrogens is 672 g/mol. The molecule has 0 spiro atoms. The number of nitrogens with zero attached hydrogens (tertiary/aromatic N) is 1. The van der Waals surface area contributed by atoms with E-state index in [0.29, 0.717) is 42.5 Å². The number of para-hydroxylation sites is 1. The molecule has 2 heterocycles. The maximum absolute atomic E-state index is 14.3. The molecule has 2 saturated heterocycles. The molecule has 2 amide bonds. The van der Waals surface area contributed by atoms with Gasteiger partial charge in [-0.25, -0.2) is 4.79 Å². The van der Waals surface area contributed by atoms with Crippen molar-refractivity contribution in [2.24, 2.45) is 0 Å². The van der Waals surface area contributed by atoms with Crippen molar-refractivity contribution in [1.29, 1.82) is 0 Å². The van der Waals surface area contributed by atoms with Crippen molar-refractivity contribution in [2.75, 3.05) is 19.7 Å². The minimum Gasteiger partial charge on any atom is -0.508 e. The van der Waals surface area contributed by atoms with Crippen molar-refractivity contribution in [3.8, 4) is 5.75 Å². The van der Waals surface area contributed by atoms with E-state index in [-0.39, 0.29) is 37.1 Å². The van der Waals surface area contributed by atoms with Crippen molar-refractivity contribution in [3.05, 3.63) is 155 Å². The summed E-state index contributed by atoms with van der Waals surface area (Å²) in [6.45, 7) is 0.284. The van der Waals surface area contributed by atoms with Gasteiger partial charge in [0, 0.05) is 36.2 Å². The number of aliphatic hydroxyl groups is 1. The number of carbonyl (C=O) groups excluding carboxylic acids is 3. The molecule has 7 rings (SSSR count). The molecule has 2 aliphatic heterocycles. The number of rotatable bonds is 11. The van der Waals surface area contributed by atoms with Crippen LogP contribution in [0.4, 0.5) is 0 Å². The van der Waals surface area contributed by atoms with Crippen molar-refractivity contribution in [2.45, 2.75) is 55.8 Å². The Morgan fingerprint density at radius 2 is 1.57 bits per heavy atom. The fourth-order valence-electron chi connectivity index (χ4n) is 7.37. The zero-order valence-corrected chi connectivity index (χ0v) is 29.2. The number of amides is 2. The van der Waals surface area contributed by atoms with Crippen LogP contribution in [0.25, 0.3) is 6.08 Å². The summed E-state index contributed by atoms with van der Waals surface area (Å²) in [5.74, 6) is -2.40. The number of carbonyl (C=O) groups is 3. The van der Waals surface area contributed by atoms with Gasteiger partial charge in [-0.3, -0.25) is 9.59 Å². The second kappa shape index (κ2) is 16.0. The van der Waals surface area contributed by atoms with Gasteiger partial charge < -0.3 is 34.6 Å². The number of nitrogens with one attached hydrogen (secondary N) is 1. The lowest BCUT2D eigenvalue weighted by Gasteiger charge is -2.33. The van der Waals surface area contributed by atoms with Crippen LogP contribution in [0.5, 0.6) is 5.75 Å². The van der Waals surface area contributed by atoms with Crippen molar-refractivity contribution in [1.82, 2.24) is 10.2 Å². The highest BCUT2D eigenvalue weighted by Gasteiger charge is 2.55. The zero-order chi connectivity index (χ0) is 36.8. The maximum Gasteiger partial charge on any atom is 0.339 e. The van der Waals surface area contributed by atoms with Crippen LogP contribution in [-0.2, 0) is 36.0 Å². The summed E-state index contributed by atoms with van der Waals surface area (Å²) < 4.78 is 20.0. The number of fused-ring (bicyclic) bond motifs is 1. The molecule has 10 nitrogen and oxygen atoms in total. The van der Waals surface area contributed by atoms with E-state index in [1.54, 1.807) is 35.2 Å². The van der Waals surface area contributed by atoms with Crippen LogP contribution in [-0.4, -0.2) is 76.9 Å². The molecule has 10 heteroatoms. The second-order valence-electron chi connectivity index (χ2n) is 13.3. The summed E-state index contributed by atoms with van der Waals surface area (Å²) in [7, 11) is 0. The number of aliphatic hydroxyl groups excluding tert-OH is 1. The van der Waals surface area contributed by atoms with E-state index in [9.17, 15) is 24.6 Å². The van der Waals surface area contributed by atoms with Crippen molar-refractivity contribution in [3.63, 3.8) is 0 Å². The summed E-state index contributed by atoms with van der Waals surface area (Å²) >= 11 is 0. The first kappa shape index (κ1) is 35.8. The number of likely N-dealkylation sites (tertiary alicyclic amines) is 1. The van der Waals surface area contributed by atoms with Gasteiger partial charge in [-0.05, 0) is 48.6 Å². The molecule has 4 atom stereocenters. The third-order valence-electron chi connectivity index (χ3n) is 9.96. The average molecular weight is 715 g/mol.